The van der Waals surface area contributed by atoms with Crippen LogP contribution in [-0.2, 0) is 30.0 Å². The van der Waals surface area contributed by atoms with Crippen molar-refractivity contribution in [2.75, 3.05) is 12.9 Å². The maximum absolute atomic E-state index is 12.4. The minimum atomic E-state index is -0.474. The Morgan fingerprint density at radius 2 is 1.91 bits per heavy atom. The van der Waals surface area contributed by atoms with Crippen molar-refractivity contribution in [3.63, 3.8) is 0 Å². The topological polar surface area (TPSA) is 96.1 Å². The van der Waals surface area contributed by atoms with E-state index in [0.29, 0.717) is 17.3 Å². The van der Waals surface area contributed by atoms with Crippen LogP contribution in [0, 0.1) is 0 Å². The molecule has 9 heteroatoms. The highest BCUT2D eigenvalue weighted by atomic mass is 32.2. The molecule has 0 bridgehead atoms. The molecule has 0 radical (unpaired) electrons. The fraction of sp³-hybridized carbons (Fsp3) is 0.500. The Kier molecular flexibility index (Phi) is 5.19. The summed E-state index contributed by atoms with van der Waals surface area (Å²) in [6.07, 6.45) is 1.44. The highest BCUT2D eigenvalue weighted by Crippen LogP contribution is 2.22. The van der Waals surface area contributed by atoms with Gasteiger partial charge in [0.1, 0.15) is 16.2 Å². The van der Waals surface area contributed by atoms with Crippen LogP contribution in [0.5, 0.6) is 0 Å². The lowest BCUT2D eigenvalue weighted by atomic mass is 10.3. The van der Waals surface area contributed by atoms with Gasteiger partial charge < -0.3 is 4.74 Å². The van der Waals surface area contributed by atoms with Crippen LogP contribution in [0.2, 0.25) is 0 Å². The second kappa shape index (κ2) is 6.95. The van der Waals surface area contributed by atoms with Gasteiger partial charge in [-0.25, -0.2) is 14.8 Å². The van der Waals surface area contributed by atoms with E-state index in [-0.39, 0.29) is 16.8 Å². The average molecular weight is 338 g/mol. The number of ether oxygens (including phenoxy) is 1. The van der Waals surface area contributed by atoms with Crippen molar-refractivity contribution in [2.24, 2.45) is 14.1 Å². The minimum absolute atomic E-state index is 0.0279. The minimum Gasteiger partial charge on any atom is -0.468 e. The summed E-state index contributed by atoms with van der Waals surface area (Å²) in [4.78, 5) is 44.6. The SMILES string of the molecule is CCCc1nc(SCC(=O)OC)c2c(=O)n(C)c(=O)n(C)c2n1. The fourth-order valence-electron chi connectivity index (χ4n) is 2.10. The lowest BCUT2D eigenvalue weighted by molar-refractivity contribution is -0.137. The molecule has 0 fully saturated rings. The number of aryl methyl sites for hydroxylation is 2. The number of thioether (sulfide) groups is 1. The van der Waals surface area contributed by atoms with Gasteiger partial charge in [-0.3, -0.25) is 18.7 Å². The summed E-state index contributed by atoms with van der Waals surface area (Å²) in [6, 6.07) is 0. The number of rotatable bonds is 5. The molecule has 0 aliphatic carbocycles. The third kappa shape index (κ3) is 3.29. The van der Waals surface area contributed by atoms with E-state index < -0.39 is 17.2 Å². The second-order valence-corrected chi connectivity index (χ2v) is 5.93. The van der Waals surface area contributed by atoms with E-state index in [0.717, 1.165) is 22.7 Å². The van der Waals surface area contributed by atoms with Crippen molar-refractivity contribution in [1.82, 2.24) is 19.1 Å². The largest absolute Gasteiger partial charge is 0.468 e. The van der Waals surface area contributed by atoms with Crippen LogP contribution in [0.15, 0.2) is 14.6 Å². The molecule has 2 heterocycles. The van der Waals surface area contributed by atoms with Gasteiger partial charge in [0.2, 0.25) is 0 Å². The van der Waals surface area contributed by atoms with E-state index in [9.17, 15) is 14.4 Å². The second-order valence-electron chi connectivity index (χ2n) is 4.96. The van der Waals surface area contributed by atoms with Gasteiger partial charge in [0.05, 0.1) is 12.9 Å². The van der Waals surface area contributed by atoms with Crippen LogP contribution in [-0.4, -0.2) is 37.9 Å². The number of carbonyl (C=O) groups excluding carboxylic acids is 1. The molecule has 8 nitrogen and oxygen atoms in total. The molecule has 0 aliphatic rings. The van der Waals surface area contributed by atoms with E-state index in [2.05, 4.69) is 14.7 Å². The molecule has 124 valence electrons. The summed E-state index contributed by atoms with van der Waals surface area (Å²) in [6.45, 7) is 1.98. The Morgan fingerprint density at radius 3 is 2.52 bits per heavy atom. The van der Waals surface area contributed by atoms with Gasteiger partial charge in [0, 0.05) is 20.5 Å². The normalized spacial score (nSPS) is 11.0. The molecule has 0 aromatic carbocycles. The van der Waals surface area contributed by atoms with Gasteiger partial charge in [-0.15, -0.1) is 0 Å². The standard InChI is InChI=1S/C14H18N4O4S/c1-5-6-8-15-11-10(12(16-8)23-7-9(19)22-4)13(20)18(3)14(21)17(11)2/h5-7H2,1-4H3. The van der Waals surface area contributed by atoms with E-state index in [1.807, 2.05) is 6.92 Å². The number of nitrogens with zero attached hydrogens (tertiary/aromatic N) is 4. The third-order valence-electron chi connectivity index (χ3n) is 3.34. The number of methoxy groups -OCH3 is 1. The first-order chi connectivity index (χ1) is 10.9. The van der Waals surface area contributed by atoms with Crippen LogP contribution in [0.3, 0.4) is 0 Å². The lowest BCUT2D eigenvalue weighted by Gasteiger charge is -2.11. The number of hydrogen-bond acceptors (Lipinski definition) is 7. The maximum atomic E-state index is 12.4. The van der Waals surface area contributed by atoms with Crippen LogP contribution < -0.4 is 11.2 Å². The first-order valence-electron chi connectivity index (χ1n) is 7.07. The maximum Gasteiger partial charge on any atom is 0.332 e. The number of esters is 1. The number of hydrogen-bond donors (Lipinski definition) is 0. The van der Waals surface area contributed by atoms with Crippen molar-refractivity contribution >= 4 is 28.8 Å². The summed E-state index contributed by atoms with van der Waals surface area (Å²) in [7, 11) is 4.26. The Morgan fingerprint density at radius 1 is 1.22 bits per heavy atom. The van der Waals surface area contributed by atoms with Crippen molar-refractivity contribution in [1.29, 1.82) is 0 Å². The summed E-state index contributed by atoms with van der Waals surface area (Å²) in [5.41, 5.74) is -0.644. The Labute approximate surface area is 136 Å². The predicted molar refractivity (Wildman–Crippen MR) is 86.8 cm³/mol. The van der Waals surface area contributed by atoms with Gasteiger partial charge in [-0.1, -0.05) is 18.7 Å². The Balaban J connectivity index is 2.74. The molecule has 2 aromatic rings. The quantitative estimate of drug-likeness (QED) is 0.438. The van der Waals surface area contributed by atoms with E-state index in [1.165, 1.54) is 18.7 Å². The first-order valence-corrected chi connectivity index (χ1v) is 8.05. The lowest BCUT2D eigenvalue weighted by Crippen LogP contribution is -2.37. The average Bonchev–Trinajstić information content (AvgIpc) is 2.55. The van der Waals surface area contributed by atoms with Gasteiger partial charge in [0.25, 0.3) is 5.56 Å². The first kappa shape index (κ1) is 17.2. The molecule has 0 saturated heterocycles. The Hall–Kier alpha value is -2.16. The molecule has 0 unspecified atom stereocenters. The molecule has 0 amide bonds. The van der Waals surface area contributed by atoms with Crippen molar-refractivity contribution in [2.45, 2.75) is 24.8 Å². The summed E-state index contributed by atoms with van der Waals surface area (Å²) in [5.74, 6) is 0.149. The zero-order chi connectivity index (χ0) is 17.1. The van der Waals surface area contributed by atoms with Gasteiger partial charge >= 0.3 is 11.7 Å². The van der Waals surface area contributed by atoms with E-state index >= 15 is 0 Å². The van der Waals surface area contributed by atoms with Crippen LogP contribution in [0.25, 0.3) is 11.0 Å². The smallest absolute Gasteiger partial charge is 0.332 e. The zero-order valence-electron chi connectivity index (χ0n) is 13.5. The Bertz CT molecular complexity index is 872. The highest BCUT2D eigenvalue weighted by Gasteiger charge is 2.18. The number of fused-ring (bicyclic) bond motifs is 1. The van der Waals surface area contributed by atoms with E-state index in [1.54, 1.807) is 7.05 Å². The predicted octanol–water partition coefficient (Wildman–Crippen LogP) is 0.245. The molecule has 0 aliphatic heterocycles. The van der Waals surface area contributed by atoms with Crippen LogP contribution >= 0.6 is 11.8 Å². The molecular formula is C14H18N4O4S. The van der Waals surface area contributed by atoms with Gasteiger partial charge in [0.15, 0.2) is 5.65 Å². The van der Waals surface area contributed by atoms with Gasteiger partial charge in [-0.2, -0.15) is 0 Å². The molecule has 23 heavy (non-hydrogen) atoms. The summed E-state index contributed by atoms with van der Waals surface area (Å²) in [5, 5.41) is 0.628. The third-order valence-corrected chi connectivity index (χ3v) is 4.29. The zero-order valence-corrected chi connectivity index (χ0v) is 14.3. The van der Waals surface area contributed by atoms with Crippen molar-refractivity contribution in [3.05, 3.63) is 26.7 Å². The number of carbonyl (C=O) groups is 1. The van der Waals surface area contributed by atoms with Gasteiger partial charge in [-0.05, 0) is 6.42 Å². The van der Waals surface area contributed by atoms with Crippen LogP contribution in [0.1, 0.15) is 19.2 Å². The van der Waals surface area contributed by atoms with Crippen molar-refractivity contribution < 1.29 is 9.53 Å². The summed E-state index contributed by atoms with van der Waals surface area (Å²) >= 11 is 1.11. The molecule has 0 saturated carbocycles. The fourth-order valence-corrected chi connectivity index (χ4v) is 2.96. The van der Waals surface area contributed by atoms with E-state index in [4.69, 9.17) is 0 Å². The highest BCUT2D eigenvalue weighted by molar-refractivity contribution is 8.00. The molecule has 0 atom stereocenters. The molecule has 2 rings (SSSR count). The molecule has 2 aromatic heterocycles. The van der Waals surface area contributed by atoms with Crippen LogP contribution in [0.4, 0.5) is 0 Å². The molecule has 0 N–H and O–H groups in total. The molecule has 0 spiro atoms. The number of aromatic nitrogens is 4. The summed E-state index contributed by atoms with van der Waals surface area (Å²) < 4.78 is 6.94. The molecular weight excluding hydrogens is 320 g/mol. The monoisotopic (exact) mass is 338 g/mol. The van der Waals surface area contributed by atoms with Crippen molar-refractivity contribution in [3.8, 4) is 0 Å².